The van der Waals surface area contributed by atoms with Gasteiger partial charge >= 0.3 is 5.91 Å². The van der Waals surface area contributed by atoms with Crippen molar-refractivity contribution >= 4 is 28.7 Å². The second-order valence-corrected chi connectivity index (χ2v) is 8.62. The standard InChI is InChI=1S/C26H30N6O4/c1-7-16-12-18(24(27)33)17(8-2)23(14(16)4)36-21-10-9-19(35-21)26(34)30-29-20-11-13(3)22-15(5)31-32(6)25(22)28-20/h9-12H,7-8H2,1-6H3,(H2,27,33)(H,28,29)(H,30,34). The summed E-state index contributed by atoms with van der Waals surface area (Å²) in [7, 11) is 1.82. The van der Waals surface area contributed by atoms with Crippen LogP contribution in [0.5, 0.6) is 11.7 Å². The van der Waals surface area contributed by atoms with E-state index in [4.69, 9.17) is 14.9 Å². The van der Waals surface area contributed by atoms with Crippen LogP contribution in [0.4, 0.5) is 5.82 Å². The van der Waals surface area contributed by atoms with Gasteiger partial charge in [0.05, 0.1) is 5.69 Å². The van der Waals surface area contributed by atoms with Crippen molar-refractivity contribution in [2.24, 2.45) is 12.8 Å². The molecule has 0 radical (unpaired) electrons. The van der Waals surface area contributed by atoms with Crippen molar-refractivity contribution in [2.45, 2.75) is 47.5 Å². The maximum absolute atomic E-state index is 12.7. The normalized spacial score (nSPS) is 11.1. The topological polar surface area (TPSA) is 137 Å². The number of carbonyl (C=O) groups is 2. The van der Waals surface area contributed by atoms with Crippen LogP contribution in [0, 0.1) is 20.8 Å². The van der Waals surface area contributed by atoms with Crippen molar-refractivity contribution < 1.29 is 18.7 Å². The summed E-state index contributed by atoms with van der Waals surface area (Å²) in [5.41, 5.74) is 16.6. The number of aromatic nitrogens is 3. The van der Waals surface area contributed by atoms with Crippen LogP contribution in [0.1, 0.15) is 62.7 Å². The van der Waals surface area contributed by atoms with E-state index >= 15 is 0 Å². The van der Waals surface area contributed by atoms with Gasteiger partial charge in [-0.05, 0) is 68.5 Å². The number of nitrogens with zero attached hydrogens (tertiary/aromatic N) is 3. The maximum atomic E-state index is 12.7. The molecule has 4 aromatic rings. The molecule has 3 aromatic heterocycles. The highest BCUT2D eigenvalue weighted by Gasteiger charge is 2.21. The van der Waals surface area contributed by atoms with Crippen LogP contribution in [0.2, 0.25) is 0 Å². The Bertz CT molecular complexity index is 1480. The van der Waals surface area contributed by atoms with Crippen molar-refractivity contribution in [3.05, 3.63) is 63.5 Å². The molecule has 36 heavy (non-hydrogen) atoms. The summed E-state index contributed by atoms with van der Waals surface area (Å²) in [5, 5.41) is 5.38. The molecule has 188 valence electrons. The van der Waals surface area contributed by atoms with Gasteiger partial charge in [0.2, 0.25) is 5.91 Å². The molecule has 0 aliphatic carbocycles. The van der Waals surface area contributed by atoms with Crippen molar-refractivity contribution in [2.75, 3.05) is 5.43 Å². The summed E-state index contributed by atoms with van der Waals surface area (Å²) in [6.07, 6.45) is 1.25. The molecule has 0 saturated heterocycles. The molecule has 4 N–H and O–H groups in total. The number of rotatable bonds is 8. The lowest BCUT2D eigenvalue weighted by Gasteiger charge is -2.17. The van der Waals surface area contributed by atoms with Crippen LogP contribution in [0.25, 0.3) is 11.0 Å². The molecule has 10 heteroatoms. The van der Waals surface area contributed by atoms with E-state index < -0.39 is 11.8 Å². The number of hydrogen-bond donors (Lipinski definition) is 3. The molecule has 0 spiro atoms. The number of fused-ring (bicyclic) bond motifs is 1. The number of aryl methyl sites for hydroxylation is 4. The number of anilines is 1. The van der Waals surface area contributed by atoms with Crippen molar-refractivity contribution in [1.82, 2.24) is 20.2 Å². The third kappa shape index (κ3) is 4.49. The fourth-order valence-electron chi connectivity index (χ4n) is 4.44. The Morgan fingerprint density at radius 3 is 2.56 bits per heavy atom. The summed E-state index contributed by atoms with van der Waals surface area (Å²) in [6.45, 7) is 9.74. The number of hydrogen-bond acceptors (Lipinski definition) is 7. The molecule has 0 aliphatic rings. The Morgan fingerprint density at radius 1 is 1.14 bits per heavy atom. The summed E-state index contributed by atoms with van der Waals surface area (Å²) in [6, 6.07) is 6.72. The Labute approximate surface area is 208 Å². The number of amides is 2. The minimum Gasteiger partial charge on any atom is -0.425 e. The highest BCUT2D eigenvalue weighted by Crippen LogP contribution is 2.35. The van der Waals surface area contributed by atoms with E-state index in [1.54, 1.807) is 10.7 Å². The van der Waals surface area contributed by atoms with Crippen LogP contribution in [0.15, 0.2) is 28.7 Å². The molecule has 0 saturated carbocycles. The summed E-state index contributed by atoms with van der Waals surface area (Å²) in [4.78, 5) is 29.3. The van der Waals surface area contributed by atoms with Gasteiger partial charge in [-0.25, -0.2) is 4.98 Å². The average molecular weight is 491 g/mol. The molecular formula is C26H30N6O4. The summed E-state index contributed by atoms with van der Waals surface area (Å²) >= 11 is 0. The lowest BCUT2D eigenvalue weighted by molar-refractivity contribution is 0.0929. The van der Waals surface area contributed by atoms with E-state index in [2.05, 4.69) is 20.9 Å². The first-order valence-corrected chi connectivity index (χ1v) is 11.7. The van der Waals surface area contributed by atoms with Gasteiger partial charge in [-0.3, -0.25) is 25.1 Å². The molecule has 0 fully saturated rings. The zero-order chi connectivity index (χ0) is 26.1. The molecule has 0 atom stereocenters. The van der Waals surface area contributed by atoms with Crippen LogP contribution in [-0.4, -0.2) is 26.6 Å². The predicted octanol–water partition coefficient (Wildman–Crippen LogP) is 4.26. The number of nitrogens with one attached hydrogen (secondary N) is 2. The van der Waals surface area contributed by atoms with Gasteiger partial charge in [0.25, 0.3) is 5.95 Å². The van der Waals surface area contributed by atoms with E-state index in [0.29, 0.717) is 41.2 Å². The molecule has 3 heterocycles. The van der Waals surface area contributed by atoms with E-state index in [-0.39, 0.29) is 11.7 Å². The summed E-state index contributed by atoms with van der Waals surface area (Å²) < 4.78 is 13.4. The highest BCUT2D eigenvalue weighted by molar-refractivity contribution is 5.96. The number of carbonyl (C=O) groups excluding carboxylic acids is 2. The lowest BCUT2D eigenvalue weighted by atomic mass is 9.94. The Kier molecular flexibility index (Phi) is 6.69. The van der Waals surface area contributed by atoms with Crippen LogP contribution in [0.3, 0.4) is 0 Å². The minimum absolute atomic E-state index is 0.0455. The predicted molar refractivity (Wildman–Crippen MR) is 136 cm³/mol. The zero-order valence-corrected chi connectivity index (χ0v) is 21.3. The van der Waals surface area contributed by atoms with Crippen molar-refractivity contribution in [1.29, 1.82) is 0 Å². The lowest BCUT2D eigenvalue weighted by Crippen LogP contribution is -2.29. The van der Waals surface area contributed by atoms with Crippen molar-refractivity contribution in [3.8, 4) is 11.7 Å². The Morgan fingerprint density at radius 2 is 1.89 bits per heavy atom. The second kappa shape index (κ2) is 9.73. The first-order chi connectivity index (χ1) is 17.1. The third-order valence-corrected chi connectivity index (χ3v) is 6.22. The largest absolute Gasteiger partial charge is 0.425 e. The van der Waals surface area contributed by atoms with E-state index in [0.717, 1.165) is 27.8 Å². The van der Waals surface area contributed by atoms with Crippen LogP contribution in [-0.2, 0) is 19.9 Å². The number of primary amides is 1. The van der Waals surface area contributed by atoms with E-state index in [9.17, 15) is 9.59 Å². The number of pyridine rings is 1. The molecule has 0 aliphatic heterocycles. The minimum atomic E-state index is -0.514. The zero-order valence-electron chi connectivity index (χ0n) is 21.3. The first-order valence-electron chi connectivity index (χ1n) is 11.7. The monoisotopic (exact) mass is 490 g/mol. The fourth-order valence-corrected chi connectivity index (χ4v) is 4.44. The molecule has 0 unspecified atom stereocenters. The Balaban J connectivity index is 1.53. The average Bonchev–Trinajstić information content (AvgIpc) is 3.42. The number of benzene rings is 1. The second-order valence-electron chi connectivity index (χ2n) is 8.62. The molecule has 1 aromatic carbocycles. The fraction of sp³-hybridized carbons (Fsp3) is 0.308. The van der Waals surface area contributed by atoms with Crippen molar-refractivity contribution in [3.63, 3.8) is 0 Å². The van der Waals surface area contributed by atoms with E-state index in [1.165, 1.54) is 6.07 Å². The molecule has 2 amide bonds. The number of furan rings is 1. The smallest absolute Gasteiger partial charge is 0.305 e. The van der Waals surface area contributed by atoms with Crippen LogP contribution >= 0.6 is 0 Å². The number of hydrazine groups is 1. The van der Waals surface area contributed by atoms with Crippen LogP contribution < -0.4 is 21.3 Å². The quantitative estimate of drug-likeness (QED) is 0.314. The Hall–Kier alpha value is -4.34. The molecule has 10 nitrogen and oxygen atoms in total. The van der Waals surface area contributed by atoms with Gasteiger partial charge in [0.15, 0.2) is 11.4 Å². The maximum Gasteiger partial charge on any atom is 0.305 e. The molecule has 0 bridgehead atoms. The molecular weight excluding hydrogens is 460 g/mol. The summed E-state index contributed by atoms with van der Waals surface area (Å²) in [5.74, 6) is 0.146. The van der Waals surface area contributed by atoms with Gasteiger partial charge in [0.1, 0.15) is 11.6 Å². The van der Waals surface area contributed by atoms with Gasteiger partial charge in [-0.15, -0.1) is 0 Å². The highest BCUT2D eigenvalue weighted by atomic mass is 16.6. The number of ether oxygens (including phenoxy) is 1. The van der Waals surface area contributed by atoms with Gasteiger partial charge in [0, 0.05) is 29.6 Å². The van der Waals surface area contributed by atoms with Gasteiger partial charge < -0.3 is 14.9 Å². The van der Waals surface area contributed by atoms with E-state index in [1.807, 2.05) is 53.8 Å². The number of nitrogens with two attached hydrogens (primary N) is 1. The third-order valence-electron chi connectivity index (χ3n) is 6.22. The van der Waals surface area contributed by atoms with Gasteiger partial charge in [-0.2, -0.15) is 5.10 Å². The SMILES string of the molecule is CCc1cc(C(N)=O)c(CC)c(Oc2ccc(C(=O)NNc3cc(C)c4c(C)nn(C)c4n3)o2)c1C. The molecule has 4 rings (SSSR count). The van der Waals surface area contributed by atoms with Gasteiger partial charge in [-0.1, -0.05) is 13.8 Å². The first kappa shape index (κ1) is 24.8.